The van der Waals surface area contributed by atoms with Crippen LogP contribution in [-0.2, 0) is 6.42 Å². The summed E-state index contributed by atoms with van der Waals surface area (Å²) in [5.74, 6) is -0.0423. The molecule has 18 heavy (non-hydrogen) atoms. The van der Waals surface area contributed by atoms with E-state index in [1.54, 1.807) is 11.0 Å². The molecule has 1 amide bonds. The average Bonchev–Trinajstić information content (AvgIpc) is 2.95. The lowest BCUT2D eigenvalue weighted by molar-refractivity contribution is 0.0993. The van der Waals surface area contributed by atoms with Gasteiger partial charge in [0.15, 0.2) is 0 Å². The highest BCUT2D eigenvalue weighted by Gasteiger charge is 2.28. The molecule has 1 aromatic heterocycles. The first-order valence-corrected chi connectivity index (χ1v) is 6.86. The summed E-state index contributed by atoms with van der Waals surface area (Å²) in [5, 5.41) is 2.34. The zero-order valence-electron chi connectivity index (χ0n) is 9.52. The van der Waals surface area contributed by atoms with E-state index in [0.29, 0.717) is 16.4 Å². The van der Waals surface area contributed by atoms with Gasteiger partial charge in [0.25, 0.3) is 5.91 Å². The van der Waals surface area contributed by atoms with Gasteiger partial charge in [-0.2, -0.15) is 0 Å². The summed E-state index contributed by atoms with van der Waals surface area (Å²) in [5.41, 5.74) is 8.63. The molecule has 2 heterocycles. The summed E-state index contributed by atoms with van der Waals surface area (Å²) < 4.78 is 0. The number of hydrogen-bond acceptors (Lipinski definition) is 3. The maximum Gasteiger partial charge on any atom is 0.269 e. The summed E-state index contributed by atoms with van der Waals surface area (Å²) in [6.07, 6.45) is 0.802. The molecule has 0 radical (unpaired) electrons. The highest BCUT2D eigenvalue weighted by Crippen LogP contribution is 2.34. The number of thiophene rings is 1. The lowest BCUT2D eigenvalue weighted by Crippen LogP contribution is -2.28. The summed E-state index contributed by atoms with van der Waals surface area (Å²) in [6.45, 7) is 0.663. The van der Waals surface area contributed by atoms with Gasteiger partial charge in [0.2, 0.25) is 0 Å². The molecule has 0 fully saturated rings. The van der Waals surface area contributed by atoms with Crippen molar-refractivity contribution in [1.29, 1.82) is 0 Å². The highest BCUT2D eigenvalue weighted by molar-refractivity contribution is 7.12. The number of halogens is 1. The topological polar surface area (TPSA) is 46.3 Å². The monoisotopic (exact) mass is 278 g/mol. The lowest BCUT2D eigenvalue weighted by Gasteiger charge is -2.16. The maximum absolute atomic E-state index is 12.4. The normalized spacial score (nSPS) is 13.7. The van der Waals surface area contributed by atoms with E-state index >= 15 is 0 Å². The zero-order valence-corrected chi connectivity index (χ0v) is 11.1. The third-order valence-electron chi connectivity index (χ3n) is 3.12. The number of fused-ring (bicyclic) bond motifs is 1. The van der Waals surface area contributed by atoms with Gasteiger partial charge >= 0.3 is 0 Å². The molecule has 0 atom stereocenters. The van der Waals surface area contributed by atoms with Crippen LogP contribution in [0.5, 0.6) is 0 Å². The Labute approximate surface area is 114 Å². The molecule has 3 rings (SSSR count). The second-order valence-corrected chi connectivity index (χ2v) is 5.47. The van der Waals surface area contributed by atoms with Crippen LogP contribution in [0.25, 0.3) is 0 Å². The van der Waals surface area contributed by atoms with Crippen LogP contribution in [0, 0.1) is 0 Å². The van der Waals surface area contributed by atoms with Crippen molar-refractivity contribution in [1.82, 2.24) is 0 Å². The zero-order chi connectivity index (χ0) is 12.7. The van der Waals surface area contributed by atoms with Crippen LogP contribution in [0.1, 0.15) is 15.2 Å². The second-order valence-electron chi connectivity index (χ2n) is 4.15. The number of rotatable bonds is 1. The SMILES string of the molecule is Nc1cccc2c1CCN2C(=O)c1sccc1Cl. The Morgan fingerprint density at radius 1 is 1.39 bits per heavy atom. The van der Waals surface area contributed by atoms with Gasteiger partial charge in [-0.05, 0) is 30.0 Å². The van der Waals surface area contributed by atoms with Crippen molar-refractivity contribution in [2.75, 3.05) is 17.2 Å². The number of carbonyl (C=O) groups is 1. The van der Waals surface area contributed by atoms with E-state index in [2.05, 4.69) is 0 Å². The van der Waals surface area contributed by atoms with E-state index in [-0.39, 0.29) is 5.91 Å². The fourth-order valence-corrected chi connectivity index (χ4v) is 3.33. The summed E-state index contributed by atoms with van der Waals surface area (Å²) in [6, 6.07) is 7.41. The summed E-state index contributed by atoms with van der Waals surface area (Å²) >= 11 is 7.38. The fraction of sp³-hybridized carbons (Fsp3) is 0.154. The number of nitrogen functional groups attached to an aromatic ring is 1. The number of nitrogens with zero attached hydrogens (tertiary/aromatic N) is 1. The van der Waals surface area contributed by atoms with Crippen molar-refractivity contribution in [2.24, 2.45) is 0 Å². The number of carbonyl (C=O) groups excluding carboxylic acids is 1. The van der Waals surface area contributed by atoms with Crippen molar-refractivity contribution in [3.05, 3.63) is 45.1 Å². The van der Waals surface area contributed by atoms with Crippen LogP contribution in [-0.4, -0.2) is 12.5 Å². The molecule has 2 N–H and O–H groups in total. The quantitative estimate of drug-likeness (QED) is 0.815. The molecule has 92 valence electrons. The van der Waals surface area contributed by atoms with Gasteiger partial charge in [0, 0.05) is 23.5 Å². The average molecular weight is 279 g/mol. The van der Waals surface area contributed by atoms with Gasteiger partial charge in [-0.1, -0.05) is 17.7 Å². The van der Waals surface area contributed by atoms with E-state index in [0.717, 1.165) is 23.4 Å². The van der Waals surface area contributed by atoms with Gasteiger partial charge in [-0.3, -0.25) is 4.79 Å². The van der Waals surface area contributed by atoms with Gasteiger partial charge in [-0.15, -0.1) is 11.3 Å². The molecule has 0 bridgehead atoms. The molecule has 2 aromatic rings. The molecule has 1 aliphatic rings. The molecule has 0 aliphatic carbocycles. The Balaban J connectivity index is 2.00. The van der Waals surface area contributed by atoms with Crippen LogP contribution < -0.4 is 10.6 Å². The number of benzene rings is 1. The standard InChI is InChI=1S/C13H11ClN2OS/c14-9-5-7-18-12(9)13(17)16-6-4-8-10(15)2-1-3-11(8)16/h1-3,5,7H,4,6,15H2. The molecular formula is C13H11ClN2OS. The number of hydrogen-bond donors (Lipinski definition) is 1. The fourth-order valence-electron chi connectivity index (χ4n) is 2.24. The van der Waals surface area contributed by atoms with Gasteiger partial charge < -0.3 is 10.6 Å². The predicted octanol–water partition coefficient (Wildman–Crippen LogP) is 3.19. The van der Waals surface area contributed by atoms with Gasteiger partial charge in [0.1, 0.15) is 4.88 Å². The number of nitrogens with two attached hydrogens (primary N) is 1. The predicted molar refractivity (Wildman–Crippen MR) is 75.6 cm³/mol. The van der Waals surface area contributed by atoms with Crippen LogP contribution >= 0.6 is 22.9 Å². The molecule has 5 heteroatoms. The van der Waals surface area contributed by atoms with Crippen LogP contribution in [0.2, 0.25) is 5.02 Å². The van der Waals surface area contributed by atoms with E-state index in [1.807, 2.05) is 23.6 Å². The molecule has 0 spiro atoms. The van der Waals surface area contributed by atoms with Crippen LogP contribution in [0.15, 0.2) is 29.6 Å². The number of amides is 1. The Morgan fingerprint density at radius 3 is 2.94 bits per heavy atom. The minimum absolute atomic E-state index is 0.0423. The first-order valence-electron chi connectivity index (χ1n) is 5.60. The van der Waals surface area contributed by atoms with Gasteiger partial charge in [0.05, 0.1) is 5.02 Å². The third kappa shape index (κ3) is 1.69. The Hall–Kier alpha value is -1.52. The van der Waals surface area contributed by atoms with E-state index in [9.17, 15) is 4.79 Å². The molecule has 0 saturated carbocycles. The molecule has 3 nitrogen and oxygen atoms in total. The van der Waals surface area contributed by atoms with Crippen LogP contribution in [0.3, 0.4) is 0 Å². The molecule has 1 aliphatic heterocycles. The van der Waals surface area contributed by atoms with Crippen LogP contribution in [0.4, 0.5) is 11.4 Å². The minimum atomic E-state index is -0.0423. The van der Waals surface area contributed by atoms with Crippen molar-refractivity contribution in [2.45, 2.75) is 6.42 Å². The first-order chi connectivity index (χ1) is 8.68. The lowest BCUT2D eigenvalue weighted by atomic mass is 10.1. The van der Waals surface area contributed by atoms with E-state index < -0.39 is 0 Å². The number of anilines is 2. The largest absolute Gasteiger partial charge is 0.398 e. The van der Waals surface area contributed by atoms with E-state index in [1.165, 1.54) is 11.3 Å². The highest BCUT2D eigenvalue weighted by atomic mass is 35.5. The third-order valence-corrected chi connectivity index (χ3v) is 4.45. The maximum atomic E-state index is 12.4. The van der Waals surface area contributed by atoms with Crippen molar-refractivity contribution < 1.29 is 4.79 Å². The Kier molecular flexibility index (Phi) is 2.76. The van der Waals surface area contributed by atoms with Gasteiger partial charge in [-0.25, -0.2) is 0 Å². The molecule has 1 aromatic carbocycles. The Bertz CT molecular complexity index is 623. The Morgan fingerprint density at radius 2 is 2.22 bits per heavy atom. The second kappa shape index (κ2) is 4.30. The summed E-state index contributed by atoms with van der Waals surface area (Å²) in [7, 11) is 0. The van der Waals surface area contributed by atoms with Crippen molar-refractivity contribution in [3.8, 4) is 0 Å². The molecular weight excluding hydrogens is 268 g/mol. The summed E-state index contributed by atoms with van der Waals surface area (Å²) in [4.78, 5) is 14.8. The smallest absolute Gasteiger partial charge is 0.269 e. The first kappa shape index (κ1) is 11.6. The molecule has 0 unspecified atom stereocenters. The molecule has 0 saturated heterocycles. The van der Waals surface area contributed by atoms with E-state index in [4.69, 9.17) is 17.3 Å². The van der Waals surface area contributed by atoms with Crippen molar-refractivity contribution >= 4 is 40.2 Å². The minimum Gasteiger partial charge on any atom is -0.398 e. The van der Waals surface area contributed by atoms with Crippen molar-refractivity contribution in [3.63, 3.8) is 0 Å².